The lowest BCUT2D eigenvalue weighted by molar-refractivity contribution is -0.133. The number of anilines is 2. The van der Waals surface area contributed by atoms with Gasteiger partial charge in [0.05, 0.1) is 31.6 Å². The number of pyridine rings is 1. The normalized spacial score (nSPS) is 16.2. The van der Waals surface area contributed by atoms with Crippen LogP contribution in [-0.4, -0.2) is 62.5 Å². The number of hydrogen-bond acceptors (Lipinski definition) is 7. The first-order chi connectivity index (χ1) is 16.0. The lowest BCUT2D eigenvalue weighted by atomic mass is 10.0. The summed E-state index contributed by atoms with van der Waals surface area (Å²) >= 11 is 0. The molecule has 1 unspecified atom stereocenters. The summed E-state index contributed by atoms with van der Waals surface area (Å²) in [4.78, 5) is 30.1. The molecular formula is C23H23N7O3. The van der Waals surface area contributed by atoms with Crippen molar-refractivity contribution in [3.05, 3.63) is 48.8 Å². The largest absolute Gasteiger partial charge is 0.377 e. The summed E-state index contributed by atoms with van der Waals surface area (Å²) in [5, 5.41) is 15.0. The average molecular weight is 445 g/mol. The Morgan fingerprint density at radius 1 is 1.21 bits per heavy atom. The molecule has 2 N–H and O–H groups in total. The van der Waals surface area contributed by atoms with Crippen molar-refractivity contribution in [1.29, 1.82) is 0 Å². The molecule has 1 saturated heterocycles. The average Bonchev–Trinajstić information content (AvgIpc) is 3.49. The number of morpholine rings is 1. The monoisotopic (exact) mass is 445 g/mol. The Morgan fingerprint density at radius 3 is 2.73 bits per heavy atom. The number of amides is 1. The predicted octanol–water partition coefficient (Wildman–Crippen LogP) is 2.56. The Hall–Kier alpha value is -4.05. The molecule has 1 atom stereocenters. The first kappa shape index (κ1) is 20.8. The molecule has 0 aliphatic carbocycles. The number of carbonyl (C=O) groups excluding carboxylic acids is 2. The van der Waals surface area contributed by atoms with Crippen LogP contribution in [0, 0.1) is 0 Å². The van der Waals surface area contributed by atoms with Crippen LogP contribution >= 0.6 is 0 Å². The van der Waals surface area contributed by atoms with E-state index in [1.807, 2.05) is 18.2 Å². The van der Waals surface area contributed by atoms with E-state index in [1.165, 1.54) is 6.92 Å². The van der Waals surface area contributed by atoms with Gasteiger partial charge in [0.25, 0.3) is 5.91 Å². The Bertz CT molecular complexity index is 1310. The summed E-state index contributed by atoms with van der Waals surface area (Å²) < 4.78 is 7.34. The van der Waals surface area contributed by atoms with Crippen LogP contribution in [0.25, 0.3) is 28.0 Å². The summed E-state index contributed by atoms with van der Waals surface area (Å²) in [6.07, 6.45) is 3.46. The fourth-order valence-corrected chi connectivity index (χ4v) is 3.94. The second-order valence-electron chi connectivity index (χ2n) is 7.97. The highest BCUT2D eigenvalue weighted by molar-refractivity contribution is 6.39. The number of rotatable bonds is 5. The van der Waals surface area contributed by atoms with Crippen molar-refractivity contribution >= 4 is 34.2 Å². The van der Waals surface area contributed by atoms with E-state index in [2.05, 4.69) is 38.5 Å². The van der Waals surface area contributed by atoms with E-state index in [4.69, 9.17) is 9.72 Å². The fraction of sp³-hybridized carbons (Fsp3) is 0.261. The number of ether oxygens (including phenoxy) is 1. The first-order valence-electron chi connectivity index (χ1n) is 10.7. The highest BCUT2D eigenvalue weighted by atomic mass is 16.5. The Kier molecular flexibility index (Phi) is 5.35. The molecule has 0 saturated carbocycles. The number of aromatic nitrogens is 5. The minimum absolute atomic E-state index is 0.184. The number of Topliss-reactive ketones (excluding diaryl/α,β-unsaturated/α-hetero) is 1. The molecule has 10 heteroatoms. The number of benzene rings is 1. The van der Waals surface area contributed by atoms with Crippen LogP contribution in [0.5, 0.6) is 0 Å². The van der Waals surface area contributed by atoms with Crippen LogP contribution in [0.1, 0.15) is 13.8 Å². The molecule has 4 aromatic rings. The van der Waals surface area contributed by atoms with E-state index in [-0.39, 0.29) is 6.04 Å². The molecule has 4 heterocycles. The third kappa shape index (κ3) is 3.96. The minimum Gasteiger partial charge on any atom is -0.377 e. The summed E-state index contributed by atoms with van der Waals surface area (Å²) in [6, 6.07) is 11.5. The van der Waals surface area contributed by atoms with Gasteiger partial charge in [-0.3, -0.25) is 14.7 Å². The van der Waals surface area contributed by atoms with E-state index in [0.29, 0.717) is 24.5 Å². The molecule has 1 aromatic carbocycles. The SMILES string of the molecule is CC(=O)C(=O)Nc1ccc(-c2cc(N3CCOCC3C)nc3c2cnn3-c2ccn[nH]2)cc1. The van der Waals surface area contributed by atoms with Crippen LogP contribution in [0.4, 0.5) is 11.5 Å². The van der Waals surface area contributed by atoms with Crippen LogP contribution < -0.4 is 10.2 Å². The van der Waals surface area contributed by atoms with Crippen LogP contribution in [0.2, 0.25) is 0 Å². The maximum atomic E-state index is 11.7. The first-order valence-corrected chi connectivity index (χ1v) is 10.7. The van der Waals surface area contributed by atoms with Crippen molar-refractivity contribution < 1.29 is 14.3 Å². The van der Waals surface area contributed by atoms with Crippen LogP contribution in [0.3, 0.4) is 0 Å². The lowest BCUT2D eigenvalue weighted by Gasteiger charge is -2.34. The number of hydrogen-bond donors (Lipinski definition) is 2. The summed E-state index contributed by atoms with van der Waals surface area (Å²) in [7, 11) is 0. The molecule has 1 aliphatic rings. The zero-order valence-corrected chi connectivity index (χ0v) is 18.3. The maximum Gasteiger partial charge on any atom is 0.291 e. The minimum atomic E-state index is -0.640. The summed E-state index contributed by atoms with van der Waals surface area (Å²) in [5.74, 6) is 0.380. The van der Waals surface area contributed by atoms with E-state index < -0.39 is 11.7 Å². The van der Waals surface area contributed by atoms with Gasteiger partial charge in [0.2, 0.25) is 5.78 Å². The summed E-state index contributed by atoms with van der Waals surface area (Å²) in [5.41, 5.74) is 3.16. The second-order valence-corrected chi connectivity index (χ2v) is 7.97. The van der Waals surface area contributed by atoms with Gasteiger partial charge in [0, 0.05) is 30.6 Å². The van der Waals surface area contributed by atoms with Gasteiger partial charge in [-0.2, -0.15) is 14.9 Å². The molecule has 3 aromatic heterocycles. The smallest absolute Gasteiger partial charge is 0.291 e. The molecule has 0 spiro atoms. The Labute approximate surface area is 189 Å². The van der Waals surface area contributed by atoms with E-state index in [1.54, 1.807) is 29.2 Å². The van der Waals surface area contributed by atoms with Gasteiger partial charge in [0.15, 0.2) is 11.5 Å². The lowest BCUT2D eigenvalue weighted by Crippen LogP contribution is -2.44. The van der Waals surface area contributed by atoms with Crippen molar-refractivity contribution in [2.75, 3.05) is 30.0 Å². The van der Waals surface area contributed by atoms with Gasteiger partial charge in [0.1, 0.15) is 5.82 Å². The number of aromatic amines is 1. The predicted molar refractivity (Wildman–Crippen MR) is 123 cm³/mol. The third-order valence-electron chi connectivity index (χ3n) is 5.68. The fourth-order valence-electron chi connectivity index (χ4n) is 3.94. The van der Waals surface area contributed by atoms with Gasteiger partial charge in [-0.05, 0) is 36.2 Å². The molecule has 168 valence electrons. The third-order valence-corrected chi connectivity index (χ3v) is 5.68. The number of H-pyrrole nitrogens is 1. The van der Waals surface area contributed by atoms with Crippen molar-refractivity contribution in [2.24, 2.45) is 0 Å². The molecule has 0 bridgehead atoms. The van der Waals surface area contributed by atoms with E-state index in [0.717, 1.165) is 34.7 Å². The molecule has 0 radical (unpaired) electrons. The quantitative estimate of drug-likeness (QED) is 0.453. The van der Waals surface area contributed by atoms with Gasteiger partial charge in [-0.1, -0.05) is 12.1 Å². The second kappa shape index (κ2) is 8.47. The zero-order chi connectivity index (χ0) is 22.9. The molecule has 10 nitrogen and oxygen atoms in total. The van der Waals surface area contributed by atoms with Crippen molar-refractivity contribution in [3.8, 4) is 16.9 Å². The number of ketones is 1. The molecule has 5 rings (SSSR count). The maximum absolute atomic E-state index is 11.7. The van der Waals surface area contributed by atoms with Crippen LogP contribution in [0.15, 0.2) is 48.8 Å². The number of carbonyl (C=O) groups is 2. The Balaban J connectivity index is 1.61. The molecule has 1 amide bonds. The van der Waals surface area contributed by atoms with Gasteiger partial charge in [-0.15, -0.1) is 0 Å². The molecular weight excluding hydrogens is 422 g/mol. The Morgan fingerprint density at radius 2 is 2.03 bits per heavy atom. The van der Waals surface area contributed by atoms with Crippen LogP contribution in [-0.2, 0) is 14.3 Å². The van der Waals surface area contributed by atoms with Crippen molar-refractivity contribution in [2.45, 2.75) is 19.9 Å². The van der Waals surface area contributed by atoms with Gasteiger partial charge < -0.3 is 15.0 Å². The zero-order valence-electron chi connectivity index (χ0n) is 18.3. The molecule has 1 fully saturated rings. The molecule has 33 heavy (non-hydrogen) atoms. The summed E-state index contributed by atoms with van der Waals surface area (Å²) in [6.45, 7) is 5.38. The van der Waals surface area contributed by atoms with Crippen molar-refractivity contribution in [1.82, 2.24) is 25.0 Å². The van der Waals surface area contributed by atoms with E-state index in [9.17, 15) is 9.59 Å². The highest BCUT2D eigenvalue weighted by Crippen LogP contribution is 2.33. The molecule has 1 aliphatic heterocycles. The van der Waals surface area contributed by atoms with E-state index >= 15 is 0 Å². The highest BCUT2D eigenvalue weighted by Gasteiger charge is 2.23. The topological polar surface area (TPSA) is 118 Å². The number of fused-ring (bicyclic) bond motifs is 1. The van der Waals surface area contributed by atoms with Crippen molar-refractivity contribution in [3.63, 3.8) is 0 Å². The van der Waals surface area contributed by atoms with Gasteiger partial charge in [-0.25, -0.2) is 4.98 Å². The number of nitrogens with zero attached hydrogens (tertiary/aromatic N) is 5. The standard InChI is InChI=1S/C23H23N7O3/c1-14-13-33-10-9-29(14)21-11-18(16-3-5-17(6-4-16)26-23(32)15(2)31)19-12-25-30(22(19)27-21)20-7-8-24-28-20/h3-8,11-12,14H,9-10,13H2,1-2H3,(H,24,28)(H,26,32). The van der Waals surface area contributed by atoms with Gasteiger partial charge >= 0.3 is 0 Å². The number of nitrogens with one attached hydrogen (secondary N) is 2.